The predicted molar refractivity (Wildman–Crippen MR) is 70.4 cm³/mol. The van der Waals surface area contributed by atoms with Crippen LogP contribution in [0, 0.1) is 4.77 Å². The van der Waals surface area contributed by atoms with Gasteiger partial charge in [0.25, 0.3) is 0 Å². The molecular weight excluding hydrogens is 264 g/mol. The SMILES string of the molecule is COc1ncnc2c1[nH]c(=S)n2Cc1cccnn1. The third-order valence-electron chi connectivity index (χ3n) is 2.67. The molecule has 3 aromatic rings. The molecule has 3 heterocycles. The average Bonchev–Trinajstić information content (AvgIpc) is 2.76. The molecule has 8 heteroatoms. The van der Waals surface area contributed by atoms with Crippen molar-refractivity contribution in [2.75, 3.05) is 7.11 Å². The lowest BCUT2D eigenvalue weighted by Crippen LogP contribution is -2.03. The zero-order chi connectivity index (χ0) is 13.2. The van der Waals surface area contributed by atoms with Crippen LogP contribution < -0.4 is 4.74 Å². The second-order valence-electron chi connectivity index (χ2n) is 3.81. The van der Waals surface area contributed by atoms with E-state index in [9.17, 15) is 0 Å². The summed E-state index contributed by atoms with van der Waals surface area (Å²) in [6, 6.07) is 3.71. The van der Waals surface area contributed by atoms with Crippen molar-refractivity contribution in [3.8, 4) is 5.88 Å². The van der Waals surface area contributed by atoms with E-state index in [-0.39, 0.29) is 0 Å². The number of methoxy groups -OCH3 is 1. The number of H-pyrrole nitrogens is 1. The Bertz CT molecular complexity index is 766. The zero-order valence-electron chi connectivity index (χ0n) is 10.1. The van der Waals surface area contributed by atoms with Gasteiger partial charge in [-0.15, -0.1) is 0 Å². The Morgan fingerprint density at radius 1 is 1.42 bits per heavy atom. The number of nitrogens with zero attached hydrogens (tertiary/aromatic N) is 5. The van der Waals surface area contributed by atoms with Gasteiger partial charge in [0.05, 0.1) is 19.3 Å². The van der Waals surface area contributed by atoms with Gasteiger partial charge in [-0.2, -0.15) is 15.2 Å². The fourth-order valence-corrected chi connectivity index (χ4v) is 2.08. The summed E-state index contributed by atoms with van der Waals surface area (Å²) in [5.41, 5.74) is 2.17. The Labute approximate surface area is 113 Å². The molecule has 0 bridgehead atoms. The van der Waals surface area contributed by atoms with Crippen LogP contribution in [0.4, 0.5) is 0 Å². The molecule has 0 unspecified atom stereocenters. The van der Waals surface area contributed by atoms with Crippen molar-refractivity contribution in [3.05, 3.63) is 35.1 Å². The molecule has 7 nitrogen and oxygen atoms in total. The monoisotopic (exact) mass is 274 g/mol. The minimum Gasteiger partial charge on any atom is -0.479 e. The number of rotatable bonds is 3. The van der Waals surface area contributed by atoms with Crippen LogP contribution >= 0.6 is 12.2 Å². The first kappa shape index (κ1) is 11.7. The largest absolute Gasteiger partial charge is 0.479 e. The zero-order valence-corrected chi connectivity index (χ0v) is 10.9. The van der Waals surface area contributed by atoms with E-state index in [0.29, 0.717) is 28.4 Å². The molecule has 0 saturated heterocycles. The average molecular weight is 274 g/mol. The van der Waals surface area contributed by atoms with Gasteiger partial charge in [-0.25, -0.2) is 4.98 Å². The summed E-state index contributed by atoms with van der Waals surface area (Å²) in [6.07, 6.45) is 3.07. The van der Waals surface area contributed by atoms with Crippen molar-refractivity contribution in [1.82, 2.24) is 29.7 Å². The summed E-state index contributed by atoms with van der Waals surface area (Å²) in [7, 11) is 1.55. The van der Waals surface area contributed by atoms with Crippen LogP contribution in [-0.2, 0) is 6.54 Å². The Hall–Kier alpha value is -2.35. The van der Waals surface area contributed by atoms with Gasteiger partial charge in [0.15, 0.2) is 10.4 Å². The molecule has 0 aliphatic carbocycles. The number of aromatic nitrogens is 6. The Balaban J connectivity index is 2.14. The molecule has 0 fully saturated rings. The number of hydrogen-bond donors (Lipinski definition) is 1. The van der Waals surface area contributed by atoms with E-state index in [2.05, 4.69) is 25.1 Å². The van der Waals surface area contributed by atoms with E-state index >= 15 is 0 Å². The molecule has 96 valence electrons. The summed E-state index contributed by atoms with van der Waals surface area (Å²) < 4.78 is 7.55. The number of aromatic amines is 1. The van der Waals surface area contributed by atoms with Crippen molar-refractivity contribution in [2.45, 2.75) is 6.54 Å². The van der Waals surface area contributed by atoms with Gasteiger partial charge in [-0.3, -0.25) is 4.57 Å². The second kappa shape index (κ2) is 4.73. The minimum absolute atomic E-state index is 0.467. The van der Waals surface area contributed by atoms with E-state index in [1.807, 2.05) is 16.7 Å². The number of hydrogen-bond acceptors (Lipinski definition) is 6. The lowest BCUT2D eigenvalue weighted by atomic mass is 10.4. The van der Waals surface area contributed by atoms with Gasteiger partial charge >= 0.3 is 0 Å². The van der Waals surface area contributed by atoms with Crippen LogP contribution in [0.5, 0.6) is 5.88 Å². The first-order valence-corrected chi connectivity index (χ1v) is 5.94. The summed E-state index contributed by atoms with van der Waals surface area (Å²) in [5, 5.41) is 7.88. The fourth-order valence-electron chi connectivity index (χ4n) is 1.83. The predicted octanol–water partition coefficient (Wildman–Crippen LogP) is 1.34. The van der Waals surface area contributed by atoms with Crippen molar-refractivity contribution in [1.29, 1.82) is 0 Å². The molecule has 19 heavy (non-hydrogen) atoms. The van der Waals surface area contributed by atoms with E-state index in [1.54, 1.807) is 13.3 Å². The molecule has 0 atom stereocenters. The standard InChI is InChI=1S/C11H10N6OS/c1-18-10-8-9(12-6-13-10)17(11(19)15-8)5-7-3-2-4-14-16-7/h2-4,6H,5H2,1H3,(H,15,19). The van der Waals surface area contributed by atoms with Crippen LogP contribution in [0.1, 0.15) is 5.69 Å². The number of fused-ring (bicyclic) bond motifs is 1. The molecule has 0 aliphatic rings. The van der Waals surface area contributed by atoms with Gasteiger partial charge in [0, 0.05) is 6.20 Å². The number of imidazole rings is 1. The molecule has 0 spiro atoms. The third-order valence-corrected chi connectivity index (χ3v) is 2.99. The molecule has 1 N–H and O–H groups in total. The van der Waals surface area contributed by atoms with Gasteiger partial charge in [-0.1, -0.05) is 0 Å². The molecular formula is C11H10N6OS. The van der Waals surface area contributed by atoms with Crippen LogP contribution in [0.25, 0.3) is 11.2 Å². The molecule has 0 aromatic carbocycles. The van der Waals surface area contributed by atoms with E-state index in [0.717, 1.165) is 5.69 Å². The van der Waals surface area contributed by atoms with Crippen LogP contribution in [-0.4, -0.2) is 36.8 Å². The summed E-state index contributed by atoms with van der Waals surface area (Å²) in [4.78, 5) is 11.3. The smallest absolute Gasteiger partial charge is 0.242 e. The van der Waals surface area contributed by atoms with Crippen molar-refractivity contribution < 1.29 is 4.74 Å². The van der Waals surface area contributed by atoms with Crippen LogP contribution in [0.15, 0.2) is 24.7 Å². The summed E-state index contributed by atoms with van der Waals surface area (Å²) in [5.74, 6) is 0.467. The Kier molecular flexibility index (Phi) is 2.92. The second-order valence-corrected chi connectivity index (χ2v) is 4.20. The Morgan fingerprint density at radius 3 is 3.05 bits per heavy atom. The van der Waals surface area contributed by atoms with E-state index in [1.165, 1.54) is 6.33 Å². The van der Waals surface area contributed by atoms with Gasteiger partial charge < -0.3 is 9.72 Å². The highest BCUT2D eigenvalue weighted by molar-refractivity contribution is 7.71. The van der Waals surface area contributed by atoms with Gasteiger partial charge in [0.2, 0.25) is 5.88 Å². The minimum atomic E-state index is 0.467. The fraction of sp³-hybridized carbons (Fsp3) is 0.182. The highest BCUT2D eigenvalue weighted by Gasteiger charge is 2.11. The van der Waals surface area contributed by atoms with Crippen molar-refractivity contribution in [2.24, 2.45) is 0 Å². The van der Waals surface area contributed by atoms with Crippen molar-refractivity contribution in [3.63, 3.8) is 0 Å². The molecule has 3 rings (SSSR count). The van der Waals surface area contributed by atoms with E-state index < -0.39 is 0 Å². The summed E-state index contributed by atoms with van der Waals surface area (Å²) in [6.45, 7) is 0.493. The van der Waals surface area contributed by atoms with Crippen LogP contribution in [0.2, 0.25) is 0 Å². The maximum absolute atomic E-state index is 5.30. The molecule has 0 radical (unpaired) electrons. The maximum atomic E-state index is 5.30. The number of nitrogens with one attached hydrogen (secondary N) is 1. The topological polar surface area (TPSA) is 81.5 Å². The first-order valence-electron chi connectivity index (χ1n) is 5.53. The lowest BCUT2D eigenvalue weighted by Gasteiger charge is -2.03. The first-order chi connectivity index (χ1) is 9.29. The summed E-state index contributed by atoms with van der Waals surface area (Å²) >= 11 is 5.30. The van der Waals surface area contributed by atoms with Crippen molar-refractivity contribution >= 4 is 23.4 Å². The number of ether oxygens (including phenoxy) is 1. The highest BCUT2D eigenvalue weighted by atomic mass is 32.1. The lowest BCUT2D eigenvalue weighted by molar-refractivity contribution is 0.401. The Morgan fingerprint density at radius 2 is 2.32 bits per heavy atom. The molecule has 0 aliphatic heterocycles. The van der Waals surface area contributed by atoms with Gasteiger partial charge in [0.1, 0.15) is 11.8 Å². The molecule has 3 aromatic heterocycles. The third kappa shape index (κ3) is 2.06. The van der Waals surface area contributed by atoms with Gasteiger partial charge in [-0.05, 0) is 24.4 Å². The highest BCUT2D eigenvalue weighted by Crippen LogP contribution is 2.20. The van der Waals surface area contributed by atoms with E-state index in [4.69, 9.17) is 17.0 Å². The maximum Gasteiger partial charge on any atom is 0.242 e. The normalized spacial score (nSPS) is 10.8. The molecule has 0 amide bonds. The molecule has 0 saturated carbocycles. The quantitative estimate of drug-likeness (QED) is 0.726. The van der Waals surface area contributed by atoms with Crippen LogP contribution in [0.3, 0.4) is 0 Å².